The smallest absolute Gasteiger partial charge is 0.408 e. The van der Waals surface area contributed by atoms with Crippen molar-refractivity contribution in [2.24, 2.45) is 5.73 Å². The van der Waals surface area contributed by atoms with Gasteiger partial charge in [-0.15, -0.1) is 10.2 Å². The number of nitrogens with zero attached hydrogens (tertiary/aromatic N) is 5. The van der Waals surface area contributed by atoms with Crippen LogP contribution in [0.15, 0.2) is 42.6 Å². The van der Waals surface area contributed by atoms with Crippen LogP contribution in [0.4, 0.5) is 17.6 Å². The van der Waals surface area contributed by atoms with Crippen LogP contribution >= 0.6 is 0 Å². The highest BCUT2D eigenvalue weighted by atomic mass is 19.4. The van der Waals surface area contributed by atoms with Crippen molar-refractivity contribution >= 4 is 16.6 Å². The molecule has 1 fully saturated rings. The van der Waals surface area contributed by atoms with E-state index in [0.29, 0.717) is 28.7 Å². The Morgan fingerprint density at radius 3 is 2.58 bits per heavy atom. The molecule has 3 N–H and O–H groups in total. The lowest BCUT2D eigenvalue weighted by Crippen LogP contribution is -2.43. The van der Waals surface area contributed by atoms with Gasteiger partial charge in [-0.3, -0.25) is 9.30 Å². The van der Waals surface area contributed by atoms with Crippen molar-refractivity contribution in [3.8, 4) is 17.3 Å². The summed E-state index contributed by atoms with van der Waals surface area (Å²) >= 11 is 0. The van der Waals surface area contributed by atoms with E-state index in [2.05, 4.69) is 15.2 Å². The molecule has 5 rings (SSSR count). The summed E-state index contributed by atoms with van der Waals surface area (Å²) in [4.78, 5) is 5.90. The lowest BCUT2D eigenvalue weighted by atomic mass is 10.0. The lowest BCUT2D eigenvalue weighted by molar-refractivity contribution is -0.184. The minimum absolute atomic E-state index is 0.0360. The molecule has 2 atom stereocenters. The fraction of sp³-hybridized carbons (Fsp3) is 0.423. The average Bonchev–Trinajstić information content (AvgIpc) is 3.38. The molecule has 12 heteroatoms. The van der Waals surface area contributed by atoms with Crippen LogP contribution in [0.5, 0.6) is 5.75 Å². The molecule has 1 aliphatic rings. The summed E-state index contributed by atoms with van der Waals surface area (Å²) in [5.41, 5.74) is 5.37. The van der Waals surface area contributed by atoms with Crippen LogP contribution in [0, 0.1) is 5.82 Å². The molecule has 202 valence electrons. The number of aliphatic hydroxyl groups is 1. The number of halogens is 4. The van der Waals surface area contributed by atoms with E-state index >= 15 is 0 Å². The zero-order chi connectivity index (χ0) is 27.5. The quantitative estimate of drug-likeness (QED) is 0.358. The topological polar surface area (TPSA) is 102 Å². The SMILES string of the molecule is CC(C)(O)COc1cc2nc(-c3nnc4ccc([C@H](N5CCC(C)(N)C5)C(F)(F)F)cn34)ccc2cc1F. The second-order valence-electron chi connectivity index (χ2n) is 10.8. The minimum atomic E-state index is -4.52. The summed E-state index contributed by atoms with van der Waals surface area (Å²) in [6.45, 7) is 5.03. The molecule has 0 saturated carbocycles. The van der Waals surface area contributed by atoms with Gasteiger partial charge in [0, 0.05) is 36.3 Å². The van der Waals surface area contributed by atoms with Crippen molar-refractivity contribution < 1.29 is 27.4 Å². The van der Waals surface area contributed by atoms with E-state index < -0.39 is 29.2 Å². The number of aromatic nitrogens is 4. The second-order valence-corrected chi connectivity index (χ2v) is 10.8. The normalized spacial score (nSPS) is 19.9. The standard InChI is InChI=1S/C26H28F4N6O2/c1-24(2,37)14-38-20-11-19-15(10-17(20)27)4-6-18(32-19)23-34-33-21-7-5-16(12-36(21)23)22(26(28,29)30)35-9-8-25(3,31)13-35/h4-7,10-12,22,37H,8-9,13-14,31H2,1-3H3/t22-,25?/m0/s1. The third kappa shape index (κ3) is 5.29. The number of likely N-dealkylation sites (tertiary alicyclic amines) is 1. The van der Waals surface area contributed by atoms with Crippen LogP contribution in [0.3, 0.4) is 0 Å². The molecule has 0 radical (unpaired) electrons. The van der Waals surface area contributed by atoms with Crippen molar-refractivity contribution in [1.29, 1.82) is 0 Å². The fourth-order valence-electron chi connectivity index (χ4n) is 4.71. The Kier molecular flexibility index (Phi) is 6.32. The van der Waals surface area contributed by atoms with Gasteiger partial charge >= 0.3 is 6.18 Å². The van der Waals surface area contributed by atoms with Gasteiger partial charge in [0.2, 0.25) is 0 Å². The number of ether oxygens (including phenoxy) is 1. The first-order chi connectivity index (χ1) is 17.7. The van der Waals surface area contributed by atoms with Crippen molar-refractivity contribution in [2.75, 3.05) is 19.7 Å². The molecule has 1 saturated heterocycles. The number of hydrogen-bond acceptors (Lipinski definition) is 7. The molecular weight excluding hydrogens is 504 g/mol. The van der Waals surface area contributed by atoms with Crippen molar-refractivity contribution in [3.63, 3.8) is 0 Å². The second kappa shape index (κ2) is 9.14. The van der Waals surface area contributed by atoms with Gasteiger partial charge in [-0.05, 0) is 51.0 Å². The molecule has 0 spiro atoms. The third-order valence-electron chi connectivity index (χ3n) is 6.50. The number of hydrogen-bond donors (Lipinski definition) is 2. The average molecular weight is 533 g/mol. The van der Waals surface area contributed by atoms with Crippen molar-refractivity contribution in [3.05, 3.63) is 54.0 Å². The molecule has 0 bridgehead atoms. The minimum Gasteiger partial charge on any atom is -0.487 e. The highest BCUT2D eigenvalue weighted by Gasteiger charge is 2.48. The van der Waals surface area contributed by atoms with Crippen molar-refractivity contribution in [1.82, 2.24) is 24.5 Å². The molecule has 4 heterocycles. The number of pyridine rings is 2. The van der Waals surface area contributed by atoms with E-state index in [9.17, 15) is 22.7 Å². The maximum absolute atomic E-state index is 14.5. The number of alkyl halides is 3. The highest BCUT2D eigenvalue weighted by molar-refractivity contribution is 5.82. The summed E-state index contributed by atoms with van der Waals surface area (Å²) in [5, 5.41) is 18.6. The van der Waals surface area contributed by atoms with Gasteiger partial charge in [-0.1, -0.05) is 12.1 Å². The van der Waals surface area contributed by atoms with Gasteiger partial charge in [0.25, 0.3) is 0 Å². The molecule has 1 aliphatic heterocycles. The van der Waals surface area contributed by atoms with Crippen LogP contribution in [0.2, 0.25) is 0 Å². The highest BCUT2D eigenvalue weighted by Crippen LogP contribution is 2.41. The molecule has 38 heavy (non-hydrogen) atoms. The Morgan fingerprint density at radius 1 is 1.16 bits per heavy atom. The predicted octanol–water partition coefficient (Wildman–Crippen LogP) is 4.26. The fourth-order valence-corrected chi connectivity index (χ4v) is 4.71. The Hall–Kier alpha value is -3.35. The van der Waals surface area contributed by atoms with Gasteiger partial charge < -0.3 is 15.6 Å². The van der Waals surface area contributed by atoms with Crippen LogP contribution in [0.25, 0.3) is 28.1 Å². The summed E-state index contributed by atoms with van der Waals surface area (Å²) in [6, 6.07) is 6.96. The molecule has 8 nitrogen and oxygen atoms in total. The number of fused-ring (bicyclic) bond motifs is 2. The predicted molar refractivity (Wildman–Crippen MR) is 133 cm³/mol. The van der Waals surface area contributed by atoms with E-state index in [1.165, 1.54) is 53.6 Å². The van der Waals surface area contributed by atoms with E-state index in [1.807, 2.05) is 0 Å². The Balaban J connectivity index is 1.54. The van der Waals surface area contributed by atoms with E-state index in [0.717, 1.165) is 0 Å². The van der Waals surface area contributed by atoms with Crippen LogP contribution in [-0.4, -0.2) is 66.6 Å². The van der Waals surface area contributed by atoms with Gasteiger partial charge in [-0.25, -0.2) is 9.37 Å². The van der Waals surface area contributed by atoms with Gasteiger partial charge in [0.05, 0.1) is 11.1 Å². The van der Waals surface area contributed by atoms with E-state index in [-0.39, 0.29) is 36.8 Å². The first-order valence-electron chi connectivity index (χ1n) is 12.1. The largest absolute Gasteiger partial charge is 0.487 e. The van der Waals surface area contributed by atoms with Gasteiger partial charge in [0.15, 0.2) is 23.0 Å². The van der Waals surface area contributed by atoms with Gasteiger partial charge in [0.1, 0.15) is 18.3 Å². The first kappa shape index (κ1) is 26.3. The molecule has 3 aromatic heterocycles. The molecular formula is C26H28F4N6O2. The van der Waals surface area contributed by atoms with Crippen LogP contribution < -0.4 is 10.5 Å². The van der Waals surface area contributed by atoms with Crippen LogP contribution in [-0.2, 0) is 0 Å². The lowest BCUT2D eigenvalue weighted by Gasteiger charge is -2.31. The molecule has 4 aromatic rings. The molecule has 0 aliphatic carbocycles. The van der Waals surface area contributed by atoms with E-state index in [4.69, 9.17) is 10.5 Å². The monoisotopic (exact) mass is 532 g/mol. The van der Waals surface area contributed by atoms with Crippen molar-refractivity contribution in [2.45, 2.75) is 50.6 Å². The molecule has 1 aromatic carbocycles. The zero-order valence-electron chi connectivity index (χ0n) is 21.1. The maximum atomic E-state index is 14.5. The molecule has 1 unspecified atom stereocenters. The Morgan fingerprint density at radius 2 is 1.92 bits per heavy atom. The maximum Gasteiger partial charge on any atom is 0.408 e. The number of rotatable bonds is 6. The summed E-state index contributed by atoms with van der Waals surface area (Å²) in [5.74, 6) is -0.455. The molecule has 0 amide bonds. The summed E-state index contributed by atoms with van der Waals surface area (Å²) in [7, 11) is 0. The summed E-state index contributed by atoms with van der Waals surface area (Å²) in [6.07, 6.45) is -2.68. The third-order valence-corrected chi connectivity index (χ3v) is 6.50. The Labute approximate surface area is 216 Å². The number of benzene rings is 1. The Bertz CT molecular complexity index is 1500. The zero-order valence-corrected chi connectivity index (χ0v) is 21.1. The van der Waals surface area contributed by atoms with Crippen LogP contribution in [0.1, 0.15) is 38.8 Å². The first-order valence-corrected chi connectivity index (χ1v) is 12.1. The van der Waals surface area contributed by atoms with E-state index in [1.54, 1.807) is 19.1 Å². The summed E-state index contributed by atoms with van der Waals surface area (Å²) < 4.78 is 64.1. The number of nitrogens with two attached hydrogens (primary N) is 1. The van der Waals surface area contributed by atoms with Gasteiger partial charge in [-0.2, -0.15) is 13.2 Å².